The Balaban J connectivity index is 2.79. The van der Waals surface area contributed by atoms with Gasteiger partial charge in [0.25, 0.3) is 0 Å². The zero-order valence-electron chi connectivity index (χ0n) is 9.77. The van der Waals surface area contributed by atoms with Gasteiger partial charge in [-0.05, 0) is 26.3 Å². The third-order valence-electron chi connectivity index (χ3n) is 2.10. The van der Waals surface area contributed by atoms with E-state index in [1.54, 1.807) is 45.0 Å². The van der Waals surface area contributed by atoms with Crippen molar-refractivity contribution in [2.45, 2.75) is 26.9 Å². The van der Waals surface area contributed by atoms with Gasteiger partial charge in [0.15, 0.2) is 12.4 Å². The van der Waals surface area contributed by atoms with E-state index in [1.807, 2.05) is 6.07 Å². The normalized spacial score (nSPS) is 12.9. The molecular weight excluding hydrogens is 204 g/mol. The zero-order valence-corrected chi connectivity index (χ0v) is 9.77. The minimum atomic E-state index is -0.812. The first kappa shape index (κ1) is 12.4. The third kappa shape index (κ3) is 3.19. The number of esters is 1. The highest BCUT2D eigenvalue weighted by Crippen LogP contribution is 2.21. The summed E-state index contributed by atoms with van der Waals surface area (Å²) in [6, 6.07) is 8.97. The second-order valence-corrected chi connectivity index (χ2v) is 4.62. The van der Waals surface area contributed by atoms with Crippen molar-refractivity contribution >= 4 is 12.3 Å². The monoisotopic (exact) mass is 220 g/mol. The van der Waals surface area contributed by atoms with Gasteiger partial charge in [-0.1, -0.05) is 30.3 Å². The molecule has 1 atom stereocenters. The minimum absolute atomic E-state index is 0.381. The van der Waals surface area contributed by atoms with E-state index >= 15 is 0 Å². The number of carbonyl (C=O) groups is 2. The van der Waals surface area contributed by atoms with Gasteiger partial charge in [-0.3, -0.25) is 9.59 Å². The fraction of sp³-hybridized carbons (Fsp3) is 0.385. The summed E-state index contributed by atoms with van der Waals surface area (Å²) in [5.41, 5.74) is 0.0888. The molecule has 0 heterocycles. The SMILES string of the molecule is CC(C)(C)C(=O)O[C@@H](C=O)c1ccccc1. The number of ether oxygens (including phenoxy) is 1. The molecule has 0 amide bonds. The van der Waals surface area contributed by atoms with Crippen molar-refractivity contribution in [1.29, 1.82) is 0 Å². The Bertz CT molecular complexity index is 363. The Kier molecular flexibility index (Phi) is 3.82. The largest absolute Gasteiger partial charge is 0.449 e. The molecule has 1 aromatic carbocycles. The molecule has 0 N–H and O–H groups in total. The van der Waals surface area contributed by atoms with Gasteiger partial charge in [-0.25, -0.2) is 0 Å². The van der Waals surface area contributed by atoms with Crippen LogP contribution in [0.15, 0.2) is 30.3 Å². The number of hydrogen-bond donors (Lipinski definition) is 0. The summed E-state index contributed by atoms with van der Waals surface area (Å²) in [5, 5.41) is 0. The Labute approximate surface area is 95.4 Å². The second-order valence-electron chi connectivity index (χ2n) is 4.62. The summed E-state index contributed by atoms with van der Waals surface area (Å²) < 4.78 is 5.14. The van der Waals surface area contributed by atoms with Gasteiger partial charge in [-0.2, -0.15) is 0 Å². The van der Waals surface area contributed by atoms with Crippen molar-refractivity contribution in [3.8, 4) is 0 Å². The summed E-state index contributed by atoms with van der Waals surface area (Å²) in [5.74, 6) is -0.381. The van der Waals surface area contributed by atoms with Crippen LogP contribution >= 0.6 is 0 Å². The molecule has 86 valence electrons. The fourth-order valence-electron chi connectivity index (χ4n) is 1.11. The molecule has 1 rings (SSSR count). The molecule has 0 aliphatic rings. The highest BCUT2D eigenvalue weighted by atomic mass is 16.5. The topological polar surface area (TPSA) is 43.4 Å². The average Bonchev–Trinajstić information content (AvgIpc) is 2.25. The lowest BCUT2D eigenvalue weighted by atomic mass is 9.97. The van der Waals surface area contributed by atoms with E-state index in [9.17, 15) is 9.59 Å². The van der Waals surface area contributed by atoms with Gasteiger partial charge in [0.2, 0.25) is 0 Å². The molecule has 0 bridgehead atoms. The van der Waals surface area contributed by atoms with E-state index in [0.717, 1.165) is 0 Å². The van der Waals surface area contributed by atoms with Crippen LogP contribution in [0.5, 0.6) is 0 Å². The first-order valence-electron chi connectivity index (χ1n) is 5.16. The lowest BCUT2D eigenvalue weighted by Gasteiger charge is -2.20. The first-order valence-corrected chi connectivity index (χ1v) is 5.16. The number of hydrogen-bond acceptors (Lipinski definition) is 3. The molecule has 1 aromatic rings. The second kappa shape index (κ2) is 4.92. The molecule has 3 heteroatoms. The number of carbonyl (C=O) groups excluding carboxylic acids is 2. The smallest absolute Gasteiger partial charge is 0.312 e. The average molecular weight is 220 g/mol. The quantitative estimate of drug-likeness (QED) is 0.580. The molecule has 3 nitrogen and oxygen atoms in total. The Morgan fingerprint density at radius 3 is 2.25 bits per heavy atom. The molecule has 0 radical (unpaired) electrons. The Morgan fingerprint density at radius 1 is 1.25 bits per heavy atom. The van der Waals surface area contributed by atoms with E-state index in [1.165, 1.54) is 0 Å². The standard InChI is InChI=1S/C13H16O3/c1-13(2,3)12(15)16-11(9-14)10-7-5-4-6-8-10/h4-9,11H,1-3H3/t11-/m0/s1. The fourth-order valence-corrected chi connectivity index (χ4v) is 1.11. The van der Waals surface area contributed by atoms with Crippen molar-refractivity contribution in [3.05, 3.63) is 35.9 Å². The van der Waals surface area contributed by atoms with Crippen molar-refractivity contribution in [2.24, 2.45) is 5.41 Å². The van der Waals surface area contributed by atoms with Gasteiger partial charge < -0.3 is 4.74 Å². The number of benzene rings is 1. The van der Waals surface area contributed by atoms with Crippen molar-refractivity contribution in [1.82, 2.24) is 0 Å². The summed E-state index contributed by atoms with van der Waals surface area (Å²) in [7, 11) is 0. The first-order chi connectivity index (χ1) is 7.45. The molecule has 0 saturated carbocycles. The third-order valence-corrected chi connectivity index (χ3v) is 2.10. The van der Waals surface area contributed by atoms with Gasteiger partial charge in [0.05, 0.1) is 5.41 Å². The van der Waals surface area contributed by atoms with Gasteiger partial charge >= 0.3 is 5.97 Å². The lowest BCUT2D eigenvalue weighted by molar-refractivity contribution is -0.160. The van der Waals surface area contributed by atoms with Crippen LogP contribution in [0.2, 0.25) is 0 Å². The van der Waals surface area contributed by atoms with E-state index in [2.05, 4.69) is 0 Å². The number of rotatable bonds is 3. The predicted molar refractivity (Wildman–Crippen MR) is 60.8 cm³/mol. The van der Waals surface area contributed by atoms with Gasteiger partial charge in [-0.15, -0.1) is 0 Å². The van der Waals surface area contributed by atoms with Crippen LogP contribution < -0.4 is 0 Å². The Hall–Kier alpha value is -1.64. The van der Waals surface area contributed by atoms with Gasteiger partial charge in [0, 0.05) is 0 Å². The van der Waals surface area contributed by atoms with Crippen LogP contribution in [0, 0.1) is 5.41 Å². The van der Waals surface area contributed by atoms with Crippen molar-refractivity contribution in [2.75, 3.05) is 0 Å². The summed E-state index contributed by atoms with van der Waals surface area (Å²) in [6.45, 7) is 5.26. The molecule has 0 fully saturated rings. The molecule has 0 aliphatic heterocycles. The van der Waals surface area contributed by atoms with Gasteiger partial charge in [0.1, 0.15) is 0 Å². The maximum absolute atomic E-state index is 11.6. The highest BCUT2D eigenvalue weighted by Gasteiger charge is 2.26. The van der Waals surface area contributed by atoms with Crippen molar-refractivity contribution < 1.29 is 14.3 Å². The van der Waals surface area contributed by atoms with E-state index < -0.39 is 11.5 Å². The molecule has 0 unspecified atom stereocenters. The summed E-state index contributed by atoms with van der Waals surface area (Å²) in [4.78, 5) is 22.5. The van der Waals surface area contributed by atoms with Crippen LogP contribution in [-0.2, 0) is 14.3 Å². The maximum Gasteiger partial charge on any atom is 0.312 e. The molecule has 0 saturated heterocycles. The van der Waals surface area contributed by atoms with E-state index in [-0.39, 0.29) is 5.97 Å². The van der Waals surface area contributed by atoms with Crippen LogP contribution in [0.3, 0.4) is 0 Å². The number of aldehydes is 1. The maximum atomic E-state index is 11.6. The lowest BCUT2D eigenvalue weighted by Crippen LogP contribution is -2.25. The predicted octanol–water partition coefficient (Wildman–Crippen LogP) is 2.52. The van der Waals surface area contributed by atoms with Crippen LogP contribution in [0.4, 0.5) is 0 Å². The molecule has 16 heavy (non-hydrogen) atoms. The molecule has 0 aromatic heterocycles. The molecule has 0 aliphatic carbocycles. The summed E-state index contributed by atoms with van der Waals surface area (Å²) in [6.07, 6.45) is -0.174. The summed E-state index contributed by atoms with van der Waals surface area (Å²) >= 11 is 0. The van der Waals surface area contributed by atoms with Crippen molar-refractivity contribution in [3.63, 3.8) is 0 Å². The van der Waals surface area contributed by atoms with Crippen LogP contribution in [0.1, 0.15) is 32.4 Å². The van der Waals surface area contributed by atoms with Crippen LogP contribution in [-0.4, -0.2) is 12.3 Å². The Morgan fingerprint density at radius 2 is 1.81 bits per heavy atom. The highest BCUT2D eigenvalue weighted by molar-refractivity contribution is 5.78. The molecule has 0 spiro atoms. The van der Waals surface area contributed by atoms with E-state index in [4.69, 9.17) is 4.74 Å². The van der Waals surface area contributed by atoms with E-state index in [0.29, 0.717) is 11.8 Å². The van der Waals surface area contributed by atoms with Crippen LogP contribution in [0.25, 0.3) is 0 Å². The minimum Gasteiger partial charge on any atom is -0.449 e. The molecular formula is C13H16O3. The zero-order chi connectivity index (χ0) is 12.2.